The summed E-state index contributed by atoms with van der Waals surface area (Å²) in [7, 11) is 1.92. The summed E-state index contributed by atoms with van der Waals surface area (Å²) in [6, 6.07) is 8.00. The SMILES string of the molecule is [13CH3]N1C=C(C(N)=O)Cc2ccccc21. The average Bonchev–Trinajstić information content (AvgIpc) is 2.17. The van der Waals surface area contributed by atoms with Gasteiger partial charge in [0.05, 0.1) is 0 Å². The molecule has 0 aromatic heterocycles. The van der Waals surface area contributed by atoms with Gasteiger partial charge in [-0.1, -0.05) is 18.2 Å². The van der Waals surface area contributed by atoms with E-state index in [2.05, 4.69) is 0 Å². The van der Waals surface area contributed by atoms with E-state index in [1.54, 1.807) is 6.20 Å². The van der Waals surface area contributed by atoms with Crippen LogP contribution in [0.4, 0.5) is 5.69 Å². The zero-order valence-electron chi connectivity index (χ0n) is 8.03. The van der Waals surface area contributed by atoms with Gasteiger partial charge in [-0.3, -0.25) is 4.79 Å². The molecule has 0 unspecified atom stereocenters. The fourth-order valence-electron chi connectivity index (χ4n) is 1.71. The third-order valence-electron chi connectivity index (χ3n) is 2.42. The standard InChI is InChI=1S/C11H12N2O/c1-13-7-9(11(12)14)6-8-4-2-3-5-10(8)13/h2-5,7H,6H2,1H3,(H2,12,14)/i1+1. The highest BCUT2D eigenvalue weighted by Crippen LogP contribution is 2.26. The predicted octanol–water partition coefficient (Wildman–Crippen LogP) is 1.05. The number of carbonyl (C=O) groups is 1. The number of benzene rings is 1. The Labute approximate surface area is 82.8 Å². The van der Waals surface area contributed by atoms with Gasteiger partial charge < -0.3 is 10.6 Å². The summed E-state index contributed by atoms with van der Waals surface area (Å²) >= 11 is 0. The van der Waals surface area contributed by atoms with Crippen LogP contribution in [0.25, 0.3) is 0 Å². The highest BCUT2D eigenvalue weighted by Gasteiger charge is 2.16. The van der Waals surface area contributed by atoms with Gasteiger partial charge >= 0.3 is 0 Å². The molecule has 0 bridgehead atoms. The van der Waals surface area contributed by atoms with Crippen molar-refractivity contribution in [2.24, 2.45) is 5.73 Å². The molecule has 0 aliphatic carbocycles. The topological polar surface area (TPSA) is 46.3 Å². The van der Waals surface area contributed by atoms with Crippen molar-refractivity contribution in [3.05, 3.63) is 41.6 Å². The summed E-state index contributed by atoms with van der Waals surface area (Å²) in [5, 5.41) is 0. The van der Waals surface area contributed by atoms with Gasteiger partial charge in [-0.25, -0.2) is 0 Å². The number of hydrogen-bond donors (Lipinski definition) is 1. The van der Waals surface area contributed by atoms with Crippen molar-refractivity contribution in [3.63, 3.8) is 0 Å². The molecule has 72 valence electrons. The van der Waals surface area contributed by atoms with Crippen molar-refractivity contribution >= 4 is 11.6 Å². The molecule has 1 aromatic rings. The van der Waals surface area contributed by atoms with E-state index in [1.807, 2.05) is 36.2 Å². The molecule has 0 saturated carbocycles. The maximum absolute atomic E-state index is 11.0. The summed E-state index contributed by atoms with van der Waals surface area (Å²) in [6.07, 6.45) is 2.43. The minimum atomic E-state index is -0.341. The van der Waals surface area contributed by atoms with Crippen molar-refractivity contribution in [3.8, 4) is 0 Å². The Hall–Kier alpha value is -1.77. The van der Waals surface area contributed by atoms with E-state index in [9.17, 15) is 4.79 Å². The van der Waals surface area contributed by atoms with Gasteiger partial charge in [-0.05, 0) is 11.6 Å². The van der Waals surface area contributed by atoms with Crippen LogP contribution >= 0.6 is 0 Å². The highest BCUT2D eigenvalue weighted by molar-refractivity contribution is 5.94. The van der Waals surface area contributed by atoms with Crippen LogP contribution in [-0.4, -0.2) is 13.0 Å². The van der Waals surface area contributed by atoms with E-state index in [1.165, 1.54) is 0 Å². The minimum Gasteiger partial charge on any atom is -0.366 e. The smallest absolute Gasteiger partial charge is 0.246 e. The van der Waals surface area contributed by atoms with Gasteiger partial charge in [0.2, 0.25) is 5.91 Å². The number of primary amides is 1. The Bertz CT molecular complexity index is 410. The lowest BCUT2D eigenvalue weighted by atomic mass is 10.0. The summed E-state index contributed by atoms with van der Waals surface area (Å²) in [5.74, 6) is -0.341. The van der Waals surface area contributed by atoms with Gasteiger partial charge in [0.1, 0.15) is 0 Å². The molecule has 2 N–H and O–H groups in total. The predicted molar refractivity (Wildman–Crippen MR) is 55.8 cm³/mol. The maximum Gasteiger partial charge on any atom is 0.246 e. The van der Waals surface area contributed by atoms with E-state index >= 15 is 0 Å². The average molecular weight is 189 g/mol. The fraction of sp³-hybridized carbons (Fsp3) is 0.182. The lowest BCUT2D eigenvalue weighted by molar-refractivity contribution is -0.114. The van der Waals surface area contributed by atoms with Gasteiger partial charge in [-0.2, -0.15) is 0 Å². The molecular formula is C11H12N2O. The van der Waals surface area contributed by atoms with Crippen LogP contribution in [0, 0.1) is 0 Å². The first-order valence-electron chi connectivity index (χ1n) is 4.49. The quantitative estimate of drug-likeness (QED) is 0.671. The first-order valence-corrected chi connectivity index (χ1v) is 4.49. The number of fused-ring (bicyclic) bond motifs is 1. The lowest BCUT2D eigenvalue weighted by Gasteiger charge is -2.24. The third-order valence-corrected chi connectivity index (χ3v) is 2.42. The summed E-state index contributed by atoms with van der Waals surface area (Å²) in [6.45, 7) is 0. The summed E-state index contributed by atoms with van der Waals surface area (Å²) < 4.78 is 0. The normalized spacial score (nSPS) is 14.6. The Morgan fingerprint density at radius 1 is 1.43 bits per heavy atom. The van der Waals surface area contributed by atoms with Gasteiger partial charge in [-0.15, -0.1) is 0 Å². The maximum atomic E-state index is 11.0. The molecule has 1 aliphatic rings. The van der Waals surface area contributed by atoms with Gasteiger partial charge in [0.25, 0.3) is 0 Å². The van der Waals surface area contributed by atoms with Crippen molar-refractivity contribution in [2.75, 3.05) is 11.9 Å². The second-order valence-corrected chi connectivity index (χ2v) is 3.43. The van der Waals surface area contributed by atoms with Crippen LogP contribution < -0.4 is 10.6 Å². The van der Waals surface area contributed by atoms with E-state index in [-0.39, 0.29) is 5.91 Å². The van der Waals surface area contributed by atoms with E-state index in [4.69, 9.17) is 5.73 Å². The number of para-hydroxylation sites is 1. The molecule has 1 aliphatic heterocycles. The van der Waals surface area contributed by atoms with Crippen molar-refractivity contribution in [2.45, 2.75) is 6.42 Å². The van der Waals surface area contributed by atoms with E-state index in [0.717, 1.165) is 11.3 Å². The van der Waals surface area contributed by atoms with Crippen LogP contribution in [-0.2, 0) is 11.2 Å². The number of carbonyl (C=O) groups excluding carboxylic acids is 1. The number of amides is 1. The molecule has 1 heterocycles. The Balaban J connectivity index is 2.42. The molecule has 0 saturated heterocycles. The zero-order valence-corrected chi connectivity index (χ0v) is 8.03. The molecular weight excluding hydrogens is 177 g/mol. The fourth-order valence-corrected chi connectivity index (χ4v) is 1.71. The van der Waals surface area contributed by atoms with Crippen LogP contribution in [0.3, 0.4) is 0 Å². The zero-order chi connectivity index (χ0) is 10.1. The number of hydrogen-bond acceptors (Lipinski definition) is 2. The molecule has 2 rings (SSSR count). The van der Waals surface area contributed by atoms with Crippen molar-refractivity contribution in [1.29, 1.82) is 0 Å². The molecule has 0 atom stereocenters. The molecule has 3 heteroatoms. The van der Waals surface area contributed by atoms with Crippen molar-refractivity contribution in [1.82, 2.24) is 0 Å². The second kappa shape index (κ2) is 3.18. The lowest BCUT2D eigenvalue weighted by Crippen LogP contribution is -2.24. The Morgan fingerprint density at radius 3 is 2.86 bits per heavy atom. The molecule has 0 spiro atoms. The third kappa shape index (κ3) is 1.37. The minimum absolute atomic E-state index is 0.341. The van der Waals surface area contributed by atoms with Crippen LogP contribution in [0.15, 0.2) is 36.0 Å². The summed E-state index contributed by atoms with van der Waals surface area (Å²) in [4.78, 5) is 13.0. The molecule has 14 heavy (non-hydrogen) atoms. The number of nitrogens with two attached hydrogens (primary N) is 1. The second-order valence-electron chi connectivity index (χ2n) is 3.43. The van der Waals surface area contributed by atoms with Crippen molar-refractivity contribution < 1.29 is 4.79 Å². The first-order chi connectivity index (χ1) is 6.68. The van der Waals surface area contributed by atoms with Gasteiger partial charge in [0, 0.05) is 30.9 Å². The molecule has 3 nitrogen and oxygen atoms in total. The number of anilines is 1. The van der Waals surface area contributed by atoms with E-state index < -0.39 is 0 Å². The molecule has 0 fully saturated rings. The highest BCUT2D eigenvalue weighted by atomic mass is 16.1. The van der Waals surface area contributed by atoms with Crippen LogP contribution in [0.1, 0.15) is 5.56 Å². The monoisotopic (exact) mass is 189 g/mol. The summed E-state index contributed by atoms with van der Waals surface area (Å²) in [5.41, 5.74) is 8.19. The van der Waals surface area contributed by atoms with E-state index in [0.29, 0.717) is 12.0 Å². The largest absolute Gasteiger partial charge is 0.366 e. The Morgan fingerprint density at radius 2 is 2.14 bits per heavy atom. The first kappa shape index (κ1) is 8.81. The molecule has 0 radical (unpaired) electrons. The van der Waals surface area contributed by atoms with Gasteiger partial charge in [0.15, 0.2) is 0 Å². The number of nitrogens with zero attached hydrogens (tertiary/aromatic N) is 1. The molecule has 1 amide bonds. The van der Waals surface area contributed by atoms with Crippen LogP contribution in [0.5, 0.6) is 0 Å². The number of rotatable bonds is 1. The van der Waals surface area contributed by atoms with Crippen LogP contribution in [0.2, 0.25) is 0 Å². The molecule has 1 aromatic carbocycles. The Kier molecular flexibility index (Phi) is 2.00.